The molecule has 0 aliphatic carbocycles. The van der Waals surface area contributed by atoms with Crippen LogP contribution in [0.1, 0.15) is 37.6 Å². The van der Waals surface area contributed by atoms with Crippen LogP contribution in [-0.2, 0) is 18.5 Å². The Morgan fingerprint density at radius 3 is 3.14 bits per heavy atom. The number of nitrogens with one attached hydrogen (secondary N) is 1. The van der Waals surface area contributed by atoms with Crippen molar-refractivity contribution in [1.29, 1.82) is 0 Å². The lowest BCUT2D eigenvalue weighted by Gasteiger charge is -2.21. The summed E-state index contributed by atoms with van der Waals surface area (Å²) < 4.78 is 2.18. The largest absolute Gasteiger partial charge is 0.306 e. The van der Waals surface area contributed by atoms with Gasteiger partial charge in [-0.15, -0.1) is 0 Å². The second-order valence-corrected chi connectivity index (χ2v) is 4.71. The second kappa shape index (κ2) is 2.83. The summed E-state index contributed by atoms with van der Waals surface area (Å²) in [5, 5.41) is 8.26. The van der Waals surface area contributed by atoms with Crippen molar-refractivity contribution >= 4 is 0 Å². The summed E-state index contributed by atoms with van der Waals surface area (Å²) in [4.78, 5) is 0. The zero-order valence-electron chi connectivity index (χ0n) is 8.71. The van der Waals surface area contributed by atoms with E-state index in [2.05, 4.69) is 23.0 Å². The van der Waals surface area contributed by atoms with Gasteiger partial charge in [-0.2, -0.15) is 5.10 Å². The molecule has 1 aromatic heterocycles. The van der Waals surface area contributed by atoms with Crippen LogP contribution in [-0.4, -0.2) is 16.3 Å². The van der Waals surface area contributed by atoms with Crippen LogP contribution in [0, 0.1) is 0 Å². The molecule has 76 valence electrons. The van der Waals surface area contributed by atoms with E-state index in [4.69, 9.17) is 5.10 Å². The Morgan fingerprint density at radius 1 is 1.50 bits per heavy atom. The van der Waals surface area contributed by atoms with Crippen LogP contribution in [0.2, 0.25) is 0 Å². The van der Waals surface area contributed by atoms with Gasteiger partial charge < -0.3 is 5.32 Å². The minimum absolute atomic E-state index is 0.150. The quantitative estimate of drug-likeness (QED) is 0.727. The fourth-order valence-corrected chi connectivity index (χ4v) is 2.64. The first-order valence-corrected chi connectivity index (χ1v) is 5.60. The topological polar surface area (TPSA) is 29.9 Å². The summed E-state index contributed by atoms with van der Waals surface area (Å²) in [6, 6.07) is 2.30. The van der Waals surface area contributed by atoms with Crippen molar-refractivity contribution in [3.05, 3.63) is 17.5 Å². The molecule has 0 spiro atoms. The van der Waals surface area contributed by atoms with Crippen LogP contribution < -0.4 is 5.32 Å². The van der Waals surface area contributed by atoms with Crippen molar-refractivity contribution < 1.29 is 0 Å². The van der Waals surface area contributed by atoms with E-state index in [1.165, 1.54) is 37.1 Å². The lowest BCUT2D eigenvalue weighted by Crippen LogP contribution is -2.33. The van der Waals surface area contributed by atoms with E-state index in [9.17, 15) is 0 Å². The van der Waals surface area contributed by atoms with Crippen molar-refractivity contribution in [2.24, 2.45) is 0 Å². The van der Waals surface area contributed by atoms with E-state index < -0.39 is 0 Å². The smallest absolute Gasteiger partial charge is 0.0825 e. The van der Waals surface area contributed by atoms with Crippen molar-refractivity contribution in [2.45, 2.75) is 44.7 Å². The molecule has 1 N–H and O–H groups in total. The predicted molar refractivity (Wildman–Crippen MR) is 55.1 cm³/mol. The molecule has 1 aromatic rings. The number of aromatic nitrogens is 2. The highest BCUT2D eigenvalue weighted by Gasteiger charge is 2.33. The fraction of sp³-hybridized carbons (Fsp3) is 0.727. The first-order chi connectivity index (χ1) is 6.78. The monoisotopic (exact) mass is 191 g/mol. The van der Waals surface area contributed by atoms with E-state index in [0.717, 1.165) is 13.1 Å². The van der Waals surface area contributed by atoms with Crippen LogP contribution in [0.15, 0.2) is 6.07 Å². The van der Waals surface area contributed by atoms with Gasteiger partial charge in [0, 0.05) is 12.2 Å². The third-order valence-corrected chi connectivity index (χ3v) is 3.60. The SMILES string of the molecule is CC1(c2cc3n(n2)CCC3)CCCN1. The van der Waals surface area contributed by atoms with Gasteiger partial charge in [-0.25, -0.2) is 0 Å². The number of aryl methyl sites for hydroxylation is 2. The molecule has 0 radical (unpaired) electrons. The molecular formula is C11H17N3. The Bertz CT molecular complexity index is 326. The highest BCUT2D eigenvalue weighted by atomic mass is 15.3. The summed E-state index contributed by atoms with van der Waals surface area (Å²) >= 11 is 0. The number of hydrogen-bond donors (Lipinski definition) is 1. The molecule has 3 heterocycles. The minimum atomic E-state index is 0.150. The van der Waals surface area contributed by atoms with Crippen LogP contribution >= 0.6 is 0 Å². The molecule has 3 rings (SSSR count). The molecule has 1 saturated heterocycles. The molecule has 2 aliphatic heterocycles. The van der Waals surface area contributed by atoms with Gasteiger partial charge in [-0.05, 0) is 45.2 Å². The van der Waals surface area contributed by atoms with Crippen molar-refractivity contribution in [3.63, 3.8) is 0 Å². The summed E-state index contributed by atoms with van der Waals surface area (Å²) in [6.45, 7) is 4.53. The van der Waals surface area contributed by atoms with Crippen LogP contribution in [0.3, 0.4) is 0 Å². The van der Waals surface area contributed by atoms with E-state index in [1.807, 2.05) is 0 Å². The van der Waals surface area contributed by atoms with Gasteiger partial charge in [-0.3, -0.25) is 4.68 Å². The van der Waals surface area contributed by atoms with Gasteiger partial charge in [0.15, 0.2) is 0 Å². The molecule has 3 nitrogen and oxygen atoms in total. The normalized spacial score (nSPS) is 30.9. The lowest BCUT2D eigenvalue weighted by atomic mass is 9.96. The average molecular weight is 191 g/mol. The van der Waals surface area contributed by atoms with Gasteiger partial charge in [-0.1, -0.05) is 0 Å². The summed E-state index contributed by atoms with van der Waals surface area (Å²) in [7, 11) is 0. The molecule has 14 heavy (non-hydrogen) atoms. The van der Waals surface area contributed by atoms with Crippen molar-refractivity contribution in [1.82, 2.24) is 15.1 Å². The highest BCUT2D eigenvalue weighted by molar-refractivity contribution is 5.21. The third kappa shape index (κ3) is 1.12. The Labute approximate surface area is 84.5 Å². The molecule has 3 heteroatoms. The fourth-order valence-electron chi connectivity index (χ4n) is 2.64. The molecule has 1 atom stereocenters. The Kier molecular flexibility index (Phi) is 1.71. The molecule has 0 amide bonds. The molecular weight excluding hydrogens is 174 g/mol. The maximum absolute atomic E-state index is 4.70. The van der Waals surface area contributed by atoms with E-state index >= 15 is 0 Å². The Balaban J connectivity index is 1.96. The first kappa shape index (κ1) is 8.48. The lowest BCUT2D eigenvalue weighted by molar-refractivity contribution is 0.413. The number of rotatable bonds is 1. The van der Waals surface area contributed by atoms with E-state index in [1.54, 1.807) is 0 Å². The maximum Gasteiger partial charge on any atom is 0.0825 e. The van der Waals surface area contributed by atoms with Gasteiger partial charge in [0.2, 0.25) is 0 Å². The Morgan fingerprint density at radius 2 is 2.43 bits per heavy atom. The maximum atomic E-state index is 4.70. The third-order valence-electron chi connectivity index (χ3n) is 3.60. The van der Waals surface area contributed by atoms with Crippen LogP contribution in [0.5, 0.6) is 0 Å². The van der Waals surface area contributed by atoms with Gasteiger partial charge >= 0.3 is 0 Å². The molecule has 1 fully saturated rings. The number of fused-ring (bicyclic) bond motifs is 1. The van der Waals surface area contributed by atoms with Gasteiger partial charge in [0.05, 0.1) is 11.2 Å². The van der Waals surface area contributed by atoms with Gasteiger partial charge in [0.1, 0.15) is 0 Å². The average Bonchev–Trinajstić information content (AvgIpc) is 2.75. The van der Waals surface area contributed by atoms with Gasteiger partial charge in [0.25, 0.3) is 0 Å². The number of nitrogens with zero attached hydrogens (tertiary/aromatic N) is 2. The molecule has 0 saturated carbocycles. The predicted octanol–water partition coefficient (Wildman–Crippen LogP) is 1.43. The summed E-state index contributed by atoms with van der Waals surface area (Å²) in [6.07, 6.45) is 4.98. The van der Waals surface area contributed by atoms with E-state index in [-0.39, 0.29) is 5.54 Å². The summed E-state index contributed by atoms with van der Waals surface area (Å²) in [5.74, 6) is 0. The summed E-state index contributed by atoms with van der Waals surface area (Å²) in [5.41, 5.74) is 2.83. The standard InChI is InChI=1S/C11H17N3/c1-11(5-3-6-12-11)10-8-9-4-2-7-14(9)13-10/h8,12H,2-7H2,1H3. The molecule has 2 aliphatic rings. The molecule has 0 bridgehead atoms. The van der Waals surface area contributed by atoms with E-state index in [0.29, 0.717) is 0 Å². The molecule has 0 aromatic carbocycles. The van der Waals surface area contributed by atoms with Crippen LogP contribution in [0.4, 0.5) is 0 Å². The zero-order valence-corrected chi connectivity index (χ0v) is 8.71. The van der Waals surface area contributed by atoms with Crippen LogP contribution in [0.25, 0.3) is 0 Å². The van der Waals surface area contributed by atoms with Crippen molar-refractivity contribution in [2.75, 3.05) is 6.54 Å². The molecule has 1 unspecified atom stereocenters. The Hall–Kier alpha value is -0.830. The first-order valence-electron chi connectivity index (χ1n) is 5.60. The van der Waals surface area contributed by atoms with Crippen molar-refractivity contribution in [3.8, 4) is 0 Å². The zero-order chi connectivity index (χ0) is 9.60. The number of hydrogen-bond acceptors (Lipinski definition) is 2. The second-order valence-electron chi connectivity index (χ2n) is 4.71. The minimum Gasteiger partial charge on any atom is -0.306 e. The highest BCUT2D eigenvalue weighted by Crippen LogP contribution is 2.30.